The van der Waals surface area contributed by atoms with E-state index in [1.54, 1.807) is 11.8 Å². The Morgan fingerprint density at radius 3 is 2.94 bits per heavy atom. The zero-order valence-electron chi connectivity index (χ0n) is 10.3. The standard InChI is InChI=1S/C12H23NO2S/c1-3-4-7-16-9-12(15)13-6-5-11(14)10(2)8-13/h10-11,14H,3-9H2,1-2H3. The third-order valence-corrected chi connectivity index (χ3v) is 4.11. The van der Waals surface area contributed by atoms with E-state index < -0.39 is 0 Å². The van der Waals surface area contributed by atoms with Crippen LogP contribution in [0.15, 0.2) is 0 Å². The van der Waals surface area contributed by atoms with Crippen molar-refractivity contribution in [3.05, 3.63) is 0 Å². The smallest absolute Gasteiger partial charge is 0.232 e. The summed E-state index contributed by atoms with van der Waals surface area (Å²) in [6.45, 7) is 5.61. The van der Waals surface area contributed by atoms with Gasteiger partial charge < -0.3 is 10.0 Å². The van der Waals surface area contributed by atoms with Gasteiger partial charge in [0.15, 0.2) is 0 Å². The molecule has 0 aliphatic carbocycles. The van der Waals surface area contributed by atoms with Crippen LogP contribution in [0.1, 0.15) is 33.1 Å². The van der Waals surface area contributed by atoms with Gasteiger partial charge in [0.05, 0.1) is 11.9 Å². The predicted octanol–water partition coefficient (Wildman–Crippen LogP) is 1.75. The van der Waals surface area contributed by atoms with Crippen molar-refractivity contribution < 1.29 is 9.90 Å². The van der Waals surface area contributed by atoms with Gasteiger partial charge >= 0.3 is 0 Å². The minimum atomic E-state index is -0.225. The Morgan fingerprint density at radius 1 is 1.56 bits per heavy atom. The molecule has 0 aromatic carbocycles. The summed E-state index contributed by atoms with van der Waals surface area (Å²) in [6.07, 6.45) is 2.88. The molecule has 1 aliphatic rings. The highest BCUT2D eigenvalue weighted by molar-refractivity contribution is 7.99. The Morgan fingerprint density at radius 2 is 2.31 bits per heavy atom. The fraction of sp³-hybridized carbons (Fsp3) is 0.917. The topological polar surface area (TPSA) is 40.5 Å². The molecule has 1 fully saturated rings. The number of nitrogens with zero attached hydrogens (tertiary/aromatic N) is 1. The second kappa shape index (κ2) is 7.17. The molecule has 0 spiro atoms. The number of aliphatic hydroxyl groups excluding tert-OH is 1. The van der Waals surface area contributed by atoms with Crippen LogP contribution in [0.25, 0.3) is 0 Å². The Hall–Kier alpha value is -0.220. The first-order valence-corrected chi connectivity index (χ1v) is 7.34. The van der Waals surface area contributed by atoms with Gasteiger partial charge in [0, 0.05) is 13.1 Å². The highest BCUT2D eigenvalue weighted by Crippen LogP contribution is 2.17. The Kier molecular flexibility index (Phi) is 6.21. The monoisotopic (exact) mass is 245 g/mol. The summed E-state index contributed by atoms with van der Waals surface area (Å²) in [7, 11) is 0. The molecule has 2 unspecified atom stereocenters. The lowest BCUT2D eigenvalue weighted by atomic mass is 9.97. The zero-order chi connectivity index (χ0) is 12.0. The molecular formula is C12H23NO2S. The average Bonchev–Trinajstić information content (AvgIpc) is 2.28. The first kappa shape index (κ1) is 13.8. The summed E-state index contributed by atoms with van der Waals surface area (Å²) in [4.78, 5) is 13.7. The normalized spacial score (nSPS) is 25.8. The van der Waals surface area contributed by atoms with Crippen LogP contribution in [0.3, 0.4) is 0 Å². The summed E-state index contributed by atoms with van der Waals surface area (Å²) in [5.41, 5.74) is 0. The number of unbranched alkanes of at least 4 members (excludes halogenated alkanes) is 1. The lowest BCUT2D eigenvalue weighted by Crippen LogP contribution is -2.45. The van der Waals surface area contributed by atoms with E-state index in [2.05, 4.69) is 6.92 Å². The molecule has 0 aromatic rings. The second-order valence-corrected chi connectivity index (χ2v) is 5.68. The number of aliphatic hydroxyl groups is 1. The molecule has 1 heterocycles. The summed E-state index contributed by atoms with van der Waals surface area (Å²) < 4.78 is 0. The van der Waals surface area contributed by atoms with E-state index in [-0.39, 0.29) is 17.9 Å². The van der Waals surface area contributed by atoms with Gasteiger partial charge in [-0.3, -0.25) is 4.79 Å². The van der Waals surface area contributed by atoms with E-state index in [0.29, 0.717) is 12.3 Å². The van der Waals surface area contributed by atoms with E-state index in [1.807, 2.05) is 11.8 Å². The molecule has 1 saturated heterocycles. The number of rotatable bonds is 5. The van der Waals surface area contributed by atoms with E-state index >= 15 is 0 Å². The number of hydrogen-bond donors (Lipinski definition) is 1. The number of carbonyl (C=O) groups excluding carboxylic acids is 1. The fourth-order valence-electron chi connectivity index (χ4n) is 1.86. The molecule has 1 aliphatic heterocycles. The van der Waals surface area contributed by atoms with Crippen molar-refractivity contribution in [3.63, 3.8) is 0 Å². The SMILES string of the molecule is CCCCSCC(=O)N1CCC(O)C(C)C1. The lowest BCUT2D eigenvalue weighted by Gasteiger charge is -2.34. The van der Waals surface area contributed by atoms with E-state index in [0.717, 1.165) is 18.7 Å². The van der Waals surface area contributed by atoms with Crippen molar-refractivity contribution in [1.82, 2.24) is 4.90 Å². The molecule has 16 heavy (non-hydrogen) atoms. The molecule has 1 N–H and O–H groups in total. The van der Waals surface area contributed by atoms with Crippen molar-refractivity contribution in [3.8, 4) is 0 Å². The maximum atomic E-state index is 11.8. The molecule has 94 valence electrons. The quantitative estimate of drug-likeness (QED) is 0.750. The maximum absolute atomic E-state index is 11.8. The van der Waals surface area contributed by atoms with Crippen LogP contribution in [0.5, 0.6) is 0 Å². The second-order valence-electron chi connectivity index (χ2n) is 4.58. The van der Waals surface area contributed by atoms with Crippen molar-refractivity contribution >= 4 is 17.7 Å². The number of piperidine rings is 1. The van der Waals surface area contributed by atoms with Crippen LogP contribution < -0.4 is 0 Å². The van der Waals surface area contributed by atoms with Gasteiger partial charge in [0.1, 0.15) is 0 Å². The fourth-order valence-corrected chi connectivity index (χ4v) is 2.85. The third-order valence-electron chi connectivity index (χ3n) is 3.08. The average molecular weight is 245 g/mol. The Labute approximate surface area is 103 Å². The molecule has 0 radical (unpaired) electrons. The van der Waals surface area contributed by atoms with Crippen LogP contribution in [0.4, 0.5) is 0 Å². The minimum Gasteiger partial charge on any atom is -0.393 e. The molecule has 4 heteroatoms. The predicted molar refractivity (Wildman–Crippen MR) is 68.6 cm³/mol. The molecule has 1 rings (SSSR count). The van der Waals surface area contributed by atoms with E-state index in [9.17, 15) is 9.90 Å². The summed E-state index contributed by atoms with van der Waals surface area (Å²) in [6, 6.07) is 0. The van der Waals surface area contributed by atoms with Crippen molar-refractivity contribution in [2.24, 2.45) is 5.92 Å². The van der Waals surface area contributed by atoms with Crippen LogP contribution in [-0.2, 0) is 4.79 Å². The maximum Gasteiger partial charge on any atom is 0.232 e. The van der Waals surface area contributed by atoms with Crippen LogP contribution in [-0.4, -0.2) is 46.6 Å². The Bertz CT molecular complexity index is 223. The number of amides is 1. The molecule has 3 nitrogen and oxygen atoms in total. The zero-order valence-corrected chi connectivity index (χ0v) is 11.1. The molecule has 0 aromatic heterocycles. The molecule has 1 amide bonds. The van der Waals surface area contributed by atoms with Crippen LogP contribution in [0, 0.1) is 5.92 Å². The van der Waals surface area contributed by atoms with Gasteiger partial charge in [-0.15, -0.1) is 0 Å². The van der Waals surface area contributed by atoms with E-state index in [1.165, 1.54) is 12.8 Å². The number of hydrogen-bond acceptors (Lipinski definition) is 3. The third kappa shape index (κ3) is 4.34. The van der Waals surface area contributed by atoms with Crippen molar-refractivity contribution in [2.75, 3.05) is 24.6 Å². The Balaban J connectivity index is 2.21. The van der Waals surface area contributed by atoms with Gasteiger partial charge in [-0.2, -0.15) is 11.8 Å². The minimum absolute atomic E-state index is 0.221. The summed E-state index contributed by atoms with van der Waals surface area (Å²) in [5.74, 6) is 2.13. The highest BCUT2D eigenvalue weighted by atomic mass is 32.2. The van der Waals surface area contributed by atoms with Gasteiger partial charge in [-0.1, -0.05) is 20.3 Å². The summed E-state index contributed by atoms with van der Waals surface area (Å²) in [5, 5.41) is 9.58. The van der Waals surface area contributed by atoms with Crippen molar-refractivity contribution in [2.45, 2.75) is 39.2 Å². The first-order chi connectivity index (χ1) is 7.65. The molecule has 0 bridgehead atoms. The number of likely N-dealkylation sites (tertiary alicyclic amines) is 1. The molecule has 2 atom stereocenters. The molecule has 0 saturated carbocycles. The van der Waals surface area contributed by atoms with E-state index in [4.69, 9.17) is 0 Å². The number of thioether (sulfide) groups is 1. The van der Waals surface area contributed by atoms with Gasteiger partial charge in [0.25, 0.3) is 0 Å². The van der Waals surface area contributed by atoms with Gasteiger partial charge in [-0.25, -0.2) is 0 Å². The first-order valence-electron chi connectivity index (χ1n) is 6.18. The van der Waals surface area contributed by atoms with Crippen molar-refractivity contribution in [1.29, 1.82) is 0 Å². The van der Waals surface area contributed by atoms with Gasteiger partial charge in [0.2, 0.25) is 5.91 Å². The van der Waals surface area contributed by atoms with Crippen LogP contribution in [0.2, 0.25) is 0 Å². The largest absolute Gasteiger partial charge is 0.393 e. The summed E-state index contributed by atoms with van der Waals surface area (Å²) >= 11 is 1.73. The van der Waals surface area contributed by atoms with Gasteiger partial charge in [-0.05, 0) is 24.5 Å². The number of carbonyl (C=O) groups is 1. The highest BCUT2D eigenvalue weighted by Gasteiger charge is 2.26. The van der Waals surface area contributed by atoms with Crippen LogP contribution >= 0.6 is 11.8 Å². The molecular weight excluding hydrogens is 222 g/mol. The lowest BCUT2D eigenvalue weighted by molar-refractivity contribution is -0.131.